The van der Waals surface area contributed by atoms with Crippen LogP contribution in [-0.4, -0.2) is 44.5 Å². The average molecular weight is 398 g/mol. The third-order valence-electron chi connectivity index (χ3n) is 4.90. The van der Waals surface area contributed by atoms with Gasteiger partial charge in [0.05, 0.1) is 5.70 Å². The second-order valence-electron chi connectivity index (χ2n) is 6.59. The van der Waals surface area contributed by atoms with E-state index in [0.717, 1.165) is 40.8 Å². The first kappa shape index (κ1) is 15.0. The number of carbonyl (C=O) groups is 1. The van der Waals surface area contributed by atoms with Crippen LogP contribution < -0.4 is 0 Å². The summed E-state index contributed by atoms with van der Waals surface area (Å²) in [7, 11) is 0. The molecule has 7 heteroatoms. The summed E-state index contributed by atoms with van der Waals surface area (Å²) in [5, 5.41) is 4.56. The Bertz CT molecular complexity index is 941. The molecule has 3 aliphatic rings. The number of hydrogen-bond acceptors (Lipinski definition) is 4. The maximum absolute atomic E-state index is 12.6. The van der Waals surface area contributed by atoms with Crippen LogP contribution in [0.4, 0.5) is 0 Å². The van der Waals surface area contributed by atoms with Crippen LogP contribution in [0, 0.1) is 0 Å². The molecule has 0 spiro atoms. The molecule has 1 amide bonds. The van der Waals surface area contributed by atoms with Crippen molar-refractivity contribution in [2.75, 3.05) is 13.1 Å². The van der Waals surface area contributed by atoms with Crippen LogP contribution in [0.15, 0.2) is 40.1 Å². The van der Waals surface area contributed by atoms with Crippen LogP contribution in [0.5, 0.6) is 0 Å². The van der Waals surface area contributed by atoms with E-state index in [1.165, 1.54) is 5.56 Å². The van der Waals surface area contributed by atoms with Crippen molar-refractivity contribution in [1.82, 2.24) is 19.7 Å². The molecule has 126 valence electrons. The van der Waals surface area contributed by atoms with Crippen LogP contribution in [0.2, 0.25) is 0 Å². The molecule has 1 fully saturated rings. The Morgan fingerprint density at radius 2 is 2.12 bits per heavy atom. The molecular formula is C18H16BrN5O. The third kappa shape index (κ3) is 2.54. The molecule has 1 aromatic heterocycles. The van der Waals surface area contributed by atoms with Crippen LogP contribution in [0.1, 0.15) is 35.7 Å². The van der Waals surface area contributed by atoms with Crippen molar-refractivity contribution in [3.05, 3.63) is 52.0 Å². The summed E-state index contributed by atoms with van der Waals surface area (Å²) in [6.07, 6.45) is 6.82. The minimum Gasteiger partial charge on any atom is -0.310 e. The SMILES string of the molecule is O=C1CN=C(n2cnc(C3CC3)n2)C=C2c3cccc(Br)c3CCN12. The van der Waals surface area contributed by atoms with Crippen molar-refractivity contribution >= 4 is 33.4 Å². The van der Waals surface area contributed by atoms with E-state index in [-0.39, 0.29) is 12.5 Å². The minimum absolute atomic E-state index is 0.0226. The van der Waals surface area contributed by atoms with Gasteiger partial charge in [0.25, 0.3) is 0 Å². The summed E-state index contributed by atoms with van der Waals surface area (Å²) in [6.45, 7) is 0.811. The second kappa shape index (κ2) is 5.62. The van der Waals surface area contributed by atoms with Crippen LogP contribution in [0.3, 0.4) is 0 Å². The molecule has 0 bridgehead atoms. The van der Waals surface area contributed by atoms with Gasteiger partial charge in [-0.15, -0.1) is 5.10 Å². The first-order valence-corrected chi connectivity index (χ1v) is 9.26. The number of aliphatic imine (C=N–C) groups is 1. The van der Waals surface area contributed by atoms with E-state index in [4.69, 9.17) is 0 Å². The number of fused-ring (bicyclic) bond motifs is 3. The molecule has 2 aliphatic heterocycles. The lowest BCUT2D eigenvalue weighted by molar-refractivity contribution is -0.126. The Morgan fingerprint density at radius 1 is 1.24 bits per heavy atom. The molecule has 3 heterocycles. The summed E-state index contributed by atoms with van der Waals surface area (Å²) < 4.78 is 2.78. The van der Waals surface area contributed by atoms with E-state index >= 15 is 0 Å². The Labute approximate surface area is 153 Å². The van der Waals surface area contributed by atoms with Gasteiger partial charge >= 0.3 is 0 Å². The molecule has 1 aromatic carbocycles. The fourth-order valence-electron chi connectivity index (χ4n) is 3.41. The van der Waals surface area contributed by atoms with Crippen molar-refractivity contribution in [3.63, 3.8) is 0 Å². The lowest BCUT2D eigenvalue weighted by atomic mass is 9.96. The third-order valence-corrected chi connectivity index (χ3v) is 5.64. The van der Waals surface area contributed by atoms with Gasteiger partial charge in [-0.2, -0.15) is 0 Å². The van der Waals surface area contributed by atoms with Gasteiger partial charge in [0, 0.05) is 28.6 Å². The predicted molar refractivity (Wildman–Crippen MR) is 97.2 cm³/mol. The zero-order valence-corrected chi connectivity index (χ0v) is 15.1. The van der Waals surface area contributed by atoms with E-state index in [9.17, 15) is 4.79 Å². The van der Waals surface area contributed by atoms with Gasteiger partial charge in [-0.25, -0.2) is 9.67 Å². The van der Waals surface area contributed by atoms with E-state index in [1.807, 2.05) is 23.1 Å². The van der Waals surface area contributed by atoms with Gasteiger partial charge in [-0.3, -0.25) is 9.79 Å². The lowest BCUT2D eigenvalue weighted by Crippen LogP contribution is -2.35. The fourth-order valence-corrected chi connectivity index (χ4v) is 3.98. The van der Waals surface area contributed by atoms with Gasteiger partial charge in [0.1, 0.15) is 12.9 Å². The van der Waals surface area contributed by atoms with Gasteiger partial charge in [-0.1, -0.05) is 28.1 Å². The van der Waals surface area contributed by atoms with Crippen molar-refractivity contribution in [3.8, 4) is 0 Å². The number of amides is 1. The van der Waals surface area contributed by atoms with Crippen molar-refractivity contribution < 1.29 is 4.79 Å². The quantitative estimate of drug-likeness (QED) is 0.742. The number of nitrogens with zero attached hydrogens (tertiary/aromatic N) is 5. The molecule has 1 saturated carbocycles. The molecular weight excluding hydrogens is 382 g/mol. The second-order valence-corrected chi connectivity index (χ2v) is 7.44. The summed E-state index contributed by atoms with van der Waals surface area (Å²) in [5.41, 5.74) is 3.20. The Hall–Kier alpha value is -2.28. The maximum atomic E-state index is 12.6. The number of hydrogen-bond donors (Lipinski definition) is 0. The molecule has 0 saturated heterocycles. The molecule has 6 nitrogen and oxygen atoms in total. The van der Waals surface area contributed by atoms with Gasteiger partial charge in [0.15, 0.2) is 11.7 Å². The smallest absolute Gasteiger partial charge is 0.248 e. The number of carbonyl (C=O) groups excluding carboxylic acids is 1. The number of aromatic nitrogens is 3. The summed E-state index contributed by atoms with van der Waals surface area (Å²) in [5.74, 6) is 2.05. The number of allylic oxidation sites excluding steroid dienone is 1. The lowest BCUT2D eigenvalue weighted by Gasteiger charge is -2.31. The van der Waals surface area contributed by atoms with E-state index in [0.29, 0.717) is 18.3 Å². The topological polar surface area (TPSA) is 63.4 Å². The van der Waals surface area contributed by atoms with Crippen LogP contribution in [-0.2, 0) is 11.2 Å². The van der Waals surface area contributed by atoms with Gasteiger partial charge < -0.3 is 4.90 Å². The van der Waals surface area contributed by atoms with E-state index in [1.54, 1.807) is 11.0 Å². The Morgan fingerprint density at radius 3 is 2.96 bits per heavy atom. The Balaban J connectivity index is 1.61. The van der Waals surface area contributed by atoms with Crippen LogP contribution in [0.25, 0.3) is 5.70 Å². The van der Waals surface area contributed by atoms with Crippen molar-refractivity contribution in [1.29, 1.82) is 0 Å². The summed E-state index contributed by atoms with van der Waals surface area (Å²) in [4.78, 5) is 23.3. The van der Waals surface area contributed by atoms with Gasteiger partial charge in [0.2, 0.25) is 5.91 Å². The van der Waals surface area contributed by atoms with E-state index in [2.05, 4.69) is 37.1 Å². The van der Waals surface area contributed by atoms with Crippen molar-refractivity contribution in [2.24, 2.45) is 4.99 Å². The monoisotopic (exact) mass is 397 g/mol. The molecule has 0 N–H and O–H groups in total. The van der Waals surface area contributed by atoms with Gasteiger partial charge in [-0.05, 0) is 30.9 Å². The molecule has 25 heavy (non-hydrogen) atoms. The first-order valence-electron chi connectivity index (χ1n) is 8.47. The highest BCUT2D eigenvalue weighted by Gasteiger charge is 2.30. The van der Waals surface area contributed by atoms with Crippen molar-refractivity contribution in [2.45, 2.75) is 25.2 Å². The molecule has 0 radical (unpaired) electrons. The number of halogens is 1. The minimum atomic E-state index is 0.0226. The average Bonchev–Trinajstić information content (AvgIpc) is 3.38. The number of rotatable bonds is 1. The summed E-state index contributed by atoms with van der Waals surface area (Å²) >= 11 is 3.63. The van der Waals surface area contributed by atoms with E-state index < -0.39 is 0 Å². The zero-order chi connectivity index (χ0) is 17.0. The summed E-state index contributed by atoms with van der Waals surface area (Å²) in [6, 6.07) is 6.10. The zero-order valence-electron chi connectivity index (χ0n) is 13.5. The molecule has 1 aliphatic carbocycles. The molecule has 0 atom stereocenters. The highest BCUT2D eigenvalue weighted by atomic mass is 79.9. The standard InChI is InChI=1S/C18H16BrN5O/c19-14-3-1-2-13-12(14)6-7-23-15(13)8-16(20-9-17(23)25)24-10-21-18(22-24)11-4-5-11/h1-3,8,10-11H,4-7,9H2. The fraction of sp³-hybridized carbons (Fsp3) is 0.333. The highest BCUT2D eigenvalue weighted by Crippen LogP contribution is 2.38. The highest BCUT2D eigenvalue weighted by molar-refractivity contribution is 9.10. The van der Waals surface area contributed by atoms with Crippen LogP contribution >= 0.6 is 15.9 Å². The molecule has 0 unspecified atom stereocenters. The maximum Gasteiger partial charge on any atom is 0.248 e. The normalized spacial score (nSPS) is 19.7. The molecule has 5 rings (SSSR count). The number of benzene rings is 1. The molecule has 2 aromatic rings. The predicted octanol–water partition coefficient (Wildman–Crippen LogP) is 2.60. The largest absolute Gasteiger partial charge is 0.310 e. The first-order chi connectivity index (χ1) is 12.2. The Kier molecular flexibility index (Phi) is 3.38.